The van der Waals surface area contributed by atoms with E-state index in [1.165, 1.54) is 6.33 Å². The lowest BCUT2D eigenvalue weighted by molar-refractivity contribution is 0.102. The highest BCUT2D eigenvalue weighted by atomic mass is 16.5. The molecule has 0 aliphatic carbocycles. The quantitative estimate of drug-likeness (QED) is 0.779. The molecule has 0 aliphatic rings. The van der Waals surface area contributed by atoms with Crippen LogP contribution in [0.25, 0.3) is 0 Å². The van der Waals surface area contributed by atoms with Crippen LogP contribution in [0.3, 0.4) is 0 Å². The lowest BCUT2D eigenvalue weighted by Gasteiger charge is -2.07. The summed E-state index contributed by atoms with van der Waals surface area (Å²) in [6.07, 6.45) is 4.69. The van der Waals surface area contributed by atoms with Gasteiger partial charge in [0.25, 0.3) is 5.91 Å². The molecule has 7 heteroatoms. The number of rotatable bonds is 5. The summed E-state index contributed by atoms with van der Waals surface area (Å²) in [6.45, 7) is 0.615. The average Bonchev–Trinajstić information content (AvgIpc) is 3.09. The largest absolute Gasteiger partial charge is 0.481 e. The summed E-state index contributed by atoms with van der Waals surface area (Å²) in [5, 5.41) is 6.84. The Hall–Kier alpha value is -3.22. The lowest BCUT2D eigenvalue weighted by atomic mass is 10.1. The van der Waals surface area contributed by atoms with Gasteiger partial charge in [0.1, 0.15) is 12.7 Å². The number of amides is 1. The molecule has 0 spiro atoms. The van der Waals surface area contributed by atoms with E-state index in [4.69, 9.17) is 4.74 Å². The third-order valence-electron chi connectivity index (χ3n) is 3.23. The number of pyridine rings is 1. The zero-order valence-electron chi connectivity index (χ0n) is 12.5. The number of methoxy groups -OCH3 is 1. The van der Waals surface area contributed by atoms with E-state index in [2.05, 4.69) is 20.4 Å². The molecular formula is C16H15N5O2. The van der Waals surface area contributed by atoms with E-state index in [0.29, 0.717) is 23.7 Å². The van der Waals surface area contributed by atoms with E-state index in [0.717, 1.165) is 5.56 Å². The Kier molecular flexibility index (Phi) is 4.28. The van der Waals surface area contributed by atoms with Gasteiger partial charge < -0.3 is 10.1 Å². The lowest BCUT2D eigenvalue weighted by Crippen LogP contribution is -2.12. The third kappa shape index (κ3) is 3.70. The molecule has 0 atom stereocenters. The molecule has 1 amide bonds. The van der Waals surface area contributed by atoms with Gasteiger partial charge in [0.15, 0.2) is 0 Å². The molecule has 0 fully saturated rings. The Morgan fingerprint density at radius 1 is 1.22 bits per heavy atom. The molecular weight excluding hydrogens is 294 g/mol. The number of anilines is 1. The fourth-order valence-corrected chi connectivity index (χ4v) is 2.04. The molecule has 0 radical (unpaired) electrons. The number of ether oxygens (including phenoxy) is 1. The Morgan fingerprint density at radius 3 is 2.65 bits per heavy atom. The molecule has 7 nitrogen and oxygen atoms in total. The van der Waals surface area contributed by atoms with Crippen LogP contribution in [0.1, 0.15) is 15.9 Å². The van der Waals surface area contributed by atoms with Crippen molar-refractivity contribution in [2.45, 2.75) is 6.54 Å². The number of benzene rings is 1. The van der Waals surface area contributed by atoms with Gasteiger partial charge >= 0.3 is 0 Å². The first-order chi connectivity index (χ1) is 11.2. The zero-order valence-corrected chi connectivity index (χ0v) is 12.5. The maximum atomic E-state index is 12.2. The van der Waals surface area contributed by atoms with Crippen molar-refractivity contribution in [3.05, 3.63) is 66.4 Å². The molecule has 0 saturated heterocycles. The minimum atomic E-state index is -0.190. The van der Waals surface area contributed by atoms with E-state index >= 15 is 0 Å². The molecule has 0 bridgehead atoms. The van der Waals surface area contributed by atoms with E-state index in [1.807, 2.05) is 12.1 Å². The van der Waals surface area contributed by atoms with Crippen LogP contribution in [0.2, 0.25) is 0 Å². The zero-order chi connectivity index (χ0) is 16.1. The summed E-state index contributed by atoms with van der Waals surface area (Å²) >= 11 is 0. The summed E-state index contributed by atoms with van der Waals surface area (Å²) < 4.78 is 6.70. The molecule has 1 aromatic carbocycles. The molecule has 116 valence electrons. The number of nitrogens with one attached hydrogen (secondary N) is 1. The first-order valence-corrected chi connectivity index (χ1v) is 6.97. The first kappa shape index (κ1) is 14.7. The van der Waals surface area contributed by atoms with Crippen LogP contribution >= 0.6 is 0 Å². The van der Waals surface area contributed by atoms with Gasteiger partial charge in [-0.3, -0.25) is 4.79 Å². The second-order valence-electron chi connectivity index (χ2n) is 4.83. The topological polar surface area (TPSA) is 81.9 Å². The molecule has 0 saturated carbocycles. The van der Waals surface area contributed by atoms with Crippen LogP contribution in [0.5, 0.6) is 5.88 Å². The second-order valence-corrected chi connectivity index (χ2v) is 4.83. The summed E-state index contributed by atoms with van der Waals surface area (Å²) in [7, 11) is 1.54. The minimum absolute atomic E-state index is 0.190. The van der Waals surface area contributed by atoms with E-state index in [-0.39, 0.29) is 5.91 Å². The van der Waals surface area contributed by atoms with Crippen molar-refractivity contribution < 1.29 is 9.53 Å². The van der Waals surface area contributed by atoms with Gasteiger partial charge in [0.05, 0.1) is 25.5 Å². The van der Waals surface area contributed by atoms with Gasteiger partial charge in [-0.05, 0) is 23.8 Å². The molecule has 2 aromatic heterocycles. The molecule has 2 heterocycles. The SMILES string of the molecule is COc1ccc(NC(=O)c2ccc(Cn3cncn3)cc2)cn1. The summed E-state index contributed by atoms with van der Waals surface area (Å²) in [6, 6.07) is 10.8. The van der Waals surface area contributed by atoms with Gasteiger partial charge in [-0.2, -0.15) is 5.10 Å². The van der Waals surface area contributed by atoms with Crippen molar-refractivity contribution >= 4 is 11.6 Å². The summed E-state index contributed by atoms with van der Waals surface area (Å²) in [5.41, 5.74) is 2.23. The Labute approximate surface area is 133 Å². The molecule has 3 aromatic rings. The smallest absolute Gasteiger partial charge is 0.255 e. The fraction of sp³-hybridized carbons (Fsp3) is 0.125. The van der Waals surface area contributed by atoms with Gasteiger partial charge in [0.2, 0.25) is 5.88 Å². The molecule has 0 unspecified atom stereocenters. The standard InChI is InChI=1S/C16H15N5O2/c1-23-15-7-6-14(8-18-15)20-16(22)13-4-2-12(3-5-13)9-21-11-17-10-19-21/h2-8,10-11H,9H2,1H3,(H,20,22). The predicted octanol–water partition coefficient (Wildman–Crippen LogP) is 1.98. The highest BCUT2D eigenvalue weighted by Gasteiger charge is 2.07. The Bertz CT molecular complexity index is 767. The predicted molar refractivity (Wildman–Crippen MR) is 84.3 cm³/mol. The Balaban J connectivity index is 1.64. The van der Waals surface area contributed by atoms with E-state index < -0.39 is 0 Å². The van der Waals surface area contributed by atoms with Gasteiger partial charge in [0, 0.05) is 11.6 Å². The van der Waals surface area contributed by atoms with Crippen molar-refractivity contribution in [3.63, 3.8) is 0 Å². The van der Waals surface area contributed by atoms with Crippen LogP contribution in [-0.4, -0.2) is 32.8 Å². The van der Waals surface area contributed by atoms with Crippen LogP contribution in [-0.2, 0) is 6.54 Å². The number of aromatic nitrogens is 4. The van der Waals surface area contributed by atoms with Crippen LogP contribution < -0.4 is 10.1 Å². The van der Waals surface area contributed by atoms with Crippen molar-refractivity contribution in [1.82, 2.24) is 19.7 Å². The number of carbonyl (C=O) groups excluding carboxylic acids is 1. The van der Waals surface area contributed by atoms with Gasteiger partial charge in [-0.25, -0.2) is 14.6 Å². The number of hydrogen-bond donors (Lipinski definition) is 1. The number of carbonyl (C=O) groups is 1. The van der Waals surface area contributed by atoms with Crippen molar-refractivity contribution in [3.8, 4) is 5.88 Å². The Morgan fingerprint density at radius 2 is 2.04 bits per heavy atom. The van der Waals surface area contributed by atoms with Crippen LogP contribution in [0.4, 0.5) is 5.69 Å². The van der Waals surface area contributed by atoms with Crippen LogP contribution in [0.15, 0.2) is 55.2 Å². The van der Waals surface area contributed by atoms with Crippen molar-refractivity contribution in [2.75, 3.05) is 12.4 Å². The van der Waals surface area contributed by atoms with Crippen molar-refractivity contribution in [1.29, 1.82) is 0 Å². The molecule has 3 rings (SSSR count). The van der Waals surface area contributed by atoms with Crippen molar-refractivity contribution in [2.24, 2.45) is 0 Å². The average molecular weight is 309 g/mol. The normalized spacial score (nSPS) is 10.3. The van der Waals surface area contributed by atoms with Crippen LogP contribution in [0, 0.1) is 0 Å². The molecule has 0 aliphatic heterocycles. The first-order valence-electron chi connectivity index (χ1n) is 6.97. The third-order valence-corrected chi connectivity index (χ3v) is 3.23. The highest BCUT2D eigenvalue weighted by molar-refractivity contribution is 6.04. The van der Waals surface area contributed by atoms with Gasteiger partial charge in [-0.1, -0.05) is 12.1 Å². The molecule has 1 N–H and O–H groups in total. The fourth-order valence-electron chi connectivity index (χ4n) is 2.04. The summed E-state index contributed by atoms with van der Waals surface area (Å²) in [4.78, 5) is 20.1. The van der Waals surface area contributed by atoms with Gasteiger partial charge in [-0.15, -0.1) is 0 Å². The maximum Gasteiger partial charge on any atom is 0.255 e. The minimum Gasteiger partial charge on any atom is -0.481 e. The van der Waals surface area contributed by atoms with E-state index in [9.17, 15) is 4.79 Å². The number of nitrogens with zero attached hydrogens (tertiary/aromatic N) is 4. The summed E-state index contributed by atoms with van der Waals surface area (Å²) in [5.74, 6) is 0.310. The van der Waals surface area contributed by atoms with E-state index in [1.54, 1.807) is 48.6 Å². The second kappa shape index (κ2) is 6.69. The number of hydrogen-bond acceptors (Lipinski definition) is 5. The monoisotopic (exact) mass is 309 g/mol. The molecule has 23 heavy (non-hydrogen) atoms. The highest BCUT2D eigenvalue weighted by Crippen LogP contribution is 2.13. The maximum absolute atomic E-state index is 12.2.